The van der Waals surface area contributed by atoms with Gasteiger partial charge >= 0.3 is 0 Å². The van der Waals surface area contributed by atoms with Crippen molar-refractivity contribution in [1.82, 2.24) is 24.5 Å². The van der Waals surface area contributed by atoms with Crippen molar-refractivity contribution in [2.24, 2.45) is 5.92 Å². The largest absolute Gasteiger partial charge is 0.395 e. The molecule has 0 unspecified atom stereocenters. The molecule has 3 rings (SSSR count). The quantitative estimate of drug-likeness (QED) is 0.850. The predicted molar refractivity (Wildman–Crippen MR) is 81.9 cm³/mol. The average molecular weight is 303 g/mol. The van der Waals surface area contributed by atoms with Crippen molar-refractivity contribution in [1.29, 1.82) is 0 Å². The van der Waals surface area contributed by atoms with Gasteiger partial charge in [0.2, 0.25) is 0 Å². The molecule has 1 aliphatic rings. The molecular formula is C15H21N5O2. The average Bonchev–Trinajstić information content (AvgIpc) is 3.06. The number of β-amino-alcohol motifs (C(OH)–C–C–N with tert-alkyl or cyclic N) is 1. The zero-order valence-electron chi connectivity index (χ0n) is 12.5. The number of likely N-dealkylation sites (tertiary alicyclic amines) is 1. The predicted octanol–water partition coefficient (Wildman–Crippen LogP) is 0.133. The third-order valence-corrected chi connectivity index (χ3v) is 4.15. The van der Waals surface area contributed by atoms with E-state index in [2.05, 4.69) is 15.1 Å². The lowest BCUT2D eigenvalue weighted by Crippen LogP contribution is -2.38. The summed E-state index contributed by atoms with van der Waals surface area (Å²) in [6.07, 6.45) is 5.55. The van der Waals surface area contributed by atoms with Crippen LogP contribution in [0.5, 0.6) is 0 Å². The van der Waals surface area contributed by atoms with E-state index in [1.165, 1.54) is 0 Å². The molecule has 0 radical (unpaired) electrons. The van der Waals surface area contributed by atoms with Gasteiger partial charge in [0.15, 0.2) is 5.82 Å². The number of hydrogen-bond acceptors (Lipinski definition) is 5. The Balaban J connectivity index is 1.68. The molecule has 0 atom stereocenters. The second-order valence-electron chi connectivity index (χ2n) is 5.67. The number of aromatic nitrogens is 4. The summed E-state index contributed by atoms with van der Waals surface area (Å²) in [4.78, 5) is 14.3. The van der Waals surface area contributed by atoms with Crippen LogP contribution in [0.2, 0.25) is 0 Å². The number of nitrogens with zero attached hydrogens (tertiary/aromatic N) is 5. The van der Waals surface area contributed by atoms with Gasteiger partial charge in [-0.2, -0.15) is 5.10 Å². The van der Waals surface area contributed by atoms with Gasteiger partial charge < -0.3 is 10.0 Å². The fourth-order valence-corrected chi connectivity index (χ4v) is 2.87. The summed E-state index contributed by atoms with van der Waals surface area (Å²) < 4.78 is 3.20. The van der Waals surface area contributed by atoms with Gasteiger partial charge in [-0.25, -0.2) is 9.36 Å². The summed E-state index contributed by atoms with van der Waals surface area (Å²) in [5, 5.41) is 17.5. The van der Waals surface area contributed by atoms with Crippen LogP contribution in [0.15, 0.2) is 35.4 Å². The Morgan fingerprint density at radius 1 is 1.27 bits per heavy atom. The highest BCUT2D eigenvalue weighted by molar-refractivity contribution is 5.17. The minimum atomic E-state index is -0.0753. The molecule has 3 heterocycles. The second kappa shape index (κ2) is 6.85. The minimum Gasteiger partial charge on any atom is -0.395 e. The van der Waals surface area contributed by atoms with Gasteiger partial charge in [0.05, 0.1) is 6.61 Å². The third-order valence-electron chi connectivity index (χ3n) is 4.15. The number of hydrogen-bond donors (Lipinski definition) is 1. The van der Waals surface area contributed by atoms with E-state index >= 15 is 0 Å². The number of piperidine rings is 1. The van der Waals surface area contributed by atoms with Gasteiger partial charge in [-0.15, -0.1) is 5.10 Å². The van der Waals surface area contributed by atoms with E-state index in [-0.39, 0.29) is 12.2 Å². The molecule has 1 fully saturated rings. The molecule has 0 bridgehead atoms. The first-order chi connectivity index (χ1) is 10.8. The van der Waals surface area contributed by atoms with E-state index in [4.69, 9.17) is 5.11 Å². The molecule has 2 aromatic heterocycles. The Kier molecular flexibility index (Phi) is 4.65. The molecule has 118 valence electrons. The van der Waals surface area contributed by atoms with Gasteiger partial charge in [0.1, 0.15) is 0 Å². The Hall–Kier alpha value is -1.99. The summed E-state index contributed by atoms with van der Waals surface area (Å²) in [5.41, 5.74) is -0.0753. The second-order valence-corrected chi connectivity index (χ2v) is 5.67. The summed E-state index contributed by atoms with van der Waals surface area (Å²) in [5.74, 6) is 1.11. The lowest BCUT2D eigenvalue weighted by Gasteiger charge is -2.31. The molecule has 1 aliphatic heterocycles. The van der Waals surface area contributed by atoms with Crippen LogP contribution >= 0.6 is 0 Å². The van der Waals surface area contributed by atoms with Crippen LogP contribution in [-0.4, -0.2) is 55.8 Å². The van der Waals surface area contributed by atoms with E-state index < -0.39 is 0 Å². The summed E-state index contributed by atoms with van der Waals surface area (Å²) in [6, 6.07) is 5.06. The standard InChI is InChI=1S/C15H21N5O2/c21-11-10-18-8-4-13(5-9-18)12-20-15(22)3-2-14(17-20)19-7-1-6-16-19/h1-3,6-7,13,21H,4-5,8-12H2. The van der Waals surface area contributed by atoms with Crippen molar-refractivity contribution in [2.75, 3.05) is 26.2 Å². The van der Waals surface area contributed by atoms with Gasteiger partial charge in [-0.3, -0.25) is 4.79 Å². The van der Waals surface area contributed by atoms with E-state index in [1.54, 1.807) is 27.7 Å². The molecule has 0 aliphatic carbocycles. The number of aliphatic hydroxyl groups excluding tert-OH is 1. The normalized spacial score (nSPS) is 17.0. The zero-order chi connectivity index (χ0) is 15.4. The molecule has 0 saturated carbocycles. The van der Waals surface area contributed by atoms with Crippen molar-refractivity contribution >= 4 is 0 Å². The molecular weight excluding hydrogens is 282 g/mol. The monoisotopic (exact) mass is 303 g/mol. The minimum absolute atomic E-state index is 0.0753. The Morgan fingerprint density at radius 3 is 2.77 bits per heavy atom. The van der Waals surface area contributed by atoms with Crippen LogP contribution < -0.4 is 5.56 Å². The zero-order valence-corrected chi connectivity index (χ0v) is 12.5. The first kappa shape index (κ1) is 14.9. The maximum absolute atomic E-state index is 12.0. The first-order valence-electron chi connectivity index (χ1n) is 7.67. The van der Waals surface area contributed by atoms with E-state index in [0.717, 1.165) is 32.5 Å². The fraction of sp³-hybridized carbons (Fsp3) is 0.533. The summed E-state index contributed by atoms with van der Waals surface area (Å²) in [7, 11) is 0. The molecule has 1 saturated heterocycles. The Morgan fingerprint density at radius 2 is 2.09 bits per heavy atom. The summed E-state index contributed by atoms with van der Waals surface area (Å²) >= 11 is 0. The van der Waals surface area contributed by atoms with Crippen LogP contribution in [0.4, 0.5) is 0 Å². The van der Waals surface area contributed by atoms with Crippen molar-refractivity contribution in [3.63, 3.8) is 0 Å². The lowest BCUT2D eigenvalue weighted by molar-refractivity contribution is 0.139. The molecule has 1 N–H and O–H groups in total. The van der Waals surface area contributed by atoms with Gasteiger partial charge in [-0.1, -0.05) is 0 Å². The van der Waals surface area contributed by atoms with Crippen LogP contribution in [0.25, 0.3) is 5.82 Å². The Labute approximate surface area is 128 Å². The topological polar surface area (TPSA) is 76.2 Å². The van der Waals surface area contributed by atoms with Crippen LogP contribution in [0.3, 0.4) is 0 Å². The number of aliphatic hydroxyl groups is 1. The van der Waals surface area contributed by atoms with Gasteiger partial charge in [0.25, 0.3) is 5.56 Å². The van der Waals surface area contributed by atoms with E-state index in [0.29, 0.717) is 18.3 Å². The maximum atomic E-state index is 12.0. The number of rotatable bonds is 5. The first-order valence-corrected chi connectivity index (χ1v) is 7.67. The van der Waals surface area contributed by atoms with E-state index in [1.807, 2.05) is 12.3 Å². The van der Waals surface area contributed by atoms with Crippen LogP contribution in [0.1, 0.15) is 12.8 Å². The van der Waals surface area contributed by atoms with E-state index in [9.17, 15) is 4.79 Å². The third kappa shape index (κ3) is 3.42. The molecule has 0 amide bonds. The molecule has 0 aromatic carbocycles. The maximum Gasteiger partial charge on any atom is 0.266 e. The van der Waals surface area contributed by atoms with Crippen molar-refractivity contribution in [2.45, 2.75) is 19.4 Å². The van der Waals surface area contributed by atoms with Gasteiger partial charge in [0, 0.05) is 31.5 Å². The fourth-order valence-electron chi connectivity index (χ4n) is 2.87. The van der Waals surface area contributed by atoms with Crippen LogP contribution in [-0.2, 0) is 6.54 Å². The Bertz CT molecular complexity index is 644. The molecule has 22 heavy (non-hydrogen) atoms. The highest BCUT2D eigenvalue weighted by atomic mass is 16.3. The van der Waals surface area contributed by atoms with Crippen LogP contribution in [0, 0.1) is 5.92 Å². The lowest BCUT2D eigenvalue weighted by atomic mass is 9.97. The molecule has 7 nitrogen and oxygen atoms in total. The van der Waals surface area contributed by atoms with Crippen molar-refractivity contribution in [3.8, 4) is 5.82 Å². The molecule has 7 heteroatoms. The highest BCUT2D eigenvalue weighted by Gasteiger charge is 2.20. The smallest absolute Gasteiger partial charge is 0.266 e. The van der Waals surface area contributed by atoms with Crippen molar-refractivity contribution in [3.05, 3.63) is 40.9 Å². The van der Waals surface area contributed by atoms with Gasteiger partial charge in [-0.05, 0) is 44.0 Å². The van der Waals surface area contributed by atoms with Crippen molar-refractivity contribution < 1.29 is 5.11 Å². The molecule has 2 aromatic rings. The SMILES string of the molecule is O=c1ccc(-n2cccn2)nn1CC1CCN(CCO)CC1. The summed E-state index contributed by atoms with van der Waals surface area (Å²) in [6.45, 7) is 3.52. The highest BCUT2D eigenvalue weighted by Crippen LogP contribution is 2.18. The molecule has 0 spiro atoms.